The second kappa shape index (κ2) is 20.0. The average Bonchev–Trinajstić information content (AvgIpc) is 3.38. The normalized spacial score (nSPS) is 18.9. The van der Waals surface area contributed by atoms with Gasteiger partial charge in [0.05, 0.1) is 25.1 Å². The Kier molecular flexibility index (Phi) is 15.2. The highest BCUT2D eigenvalue weighted by Crippen LogP contribution is 2.34. The van der Waals surface area contributed by atoms with Gasteiger partial charge >= 0.3 is 18.1 Å². The van der Waals surface area contributed by atoms with Crippen LogP contribution in [0.5, 0.6) is 5.75 Å². The zero-order chi connectivity index (χ0) is 39.5. The van der Waals surface area contributed by atoms with E-state index in [2.05, 4.69) is 32.0 Å². The SMILES string of the molecule is COC(=O)CCC(=O)N1CCC(C2CCN(C(=O)[C@H](C)Cc3ccc(O)c(Br)c3)CC2)CC1.COC(=O)N1CCC(N2CCc3ccccc3NC2=O)CC1. The molecule has 14 heteroatoms. The number of nitrogens with one attached hydrogen (secondary N) is 1. The van der Waals surface area contributed by atoms with E-state index in [0.717, 1.165) is 82.4 Å². The molecule has 55 heavy (non-hydrogen) atoms. The Hall–Kier alpha value is -4.33. The molecule has 3 fully saturated rings. The topological polar surface area (TPSA) is 149 Å². The van der Waals surface area contributed by atoms with Gasteiger partial charge in [-0.05, 0) is 108 Å². The molecule has 2 aromatic carbocycles. The largest absolute Gasteiger partial charge is 0.507 e. The van der Waals surface area contributed by atoms with Crippen LogP contribution in [0, 0.1) is 17.8 Å². The van der Waals surface area contributed by atoms with Gasteiger partial charge in [0.2, 0.25) is 11.8 Å². The molecule has 5 amide bonds. The number of hydrogen-bond acceptors (Lipinski definition) is 8. The molecule has 0 saturated carbocycles. The molecule has 13 nitrogen and oxygen atoms in total. The van der Waals surface area contributed by atoms with E-state index in [-0.39, 0.29) is 60.5 Å². The van der Waals surface area contributed by atoms with Crippen LogP contribution in [0.3, 0.4) is 0 Å². The molecule has 0 aromatic heterocycles. The predicted octanol–water partition coefficient (Wildman–Crippen LogP) is 6.07. The smallest absolute Gasteiger partial charge is 0.409 e. The van der Waals surface area contributed by atoms with E-state index in [0.29, 0.717) is 42.4 Å². The summed E-state index contributed by atoms with van der Waals surface area (Å²) in [5.74, 6) is 1.19. The lowest BCUT2D eigenvalue weighted by atomic mass is 9.78. The Morgan fingerprint density at radius 1 is 0.818 bits per heavy atom. The van der Waals surface area contributed by atoms with Crippen LogP contribution in [-0.2, 0) is 36.7 Å². The lowest BCUT2D eigenvalue weighted by molar-refractivity contribution is -0.144. The van der Waals surface area contributed by atoms with E-state index >= 15 is 0 Å². The third-order valence-corrected chi connectivity index (χ3v) is 12.3. The maximum absolute atomic E-state index is 13.0. The summed E-state index contributed by atoms with van der Waals surface area (Å²) in [7, 11) is 2.74. The van der Waals surface area contributed by atoms with Crippen LogP contribution in [0.15, 0.2) is 46.9 Å². The van der Waals surface area contributed by atoms with Crippen LogP contribution in [-0.4, -0.2) is 121 Å². The minimum absolute atomic E-state index is 0.0360. The van der Waals surface area contributed by atoms with E-state index in [1.54, 1.807) is 11.0 Å². The molecule has 300 valence electrons. The quantitative estimate of drug-likeness (QED) is 0.305. The molecular formula is C41H56BrN5O8. The Morgan fingerprint density at radius 2 is 1.44 bits per heavy atom. The molecule has 6 rings (SSSR count). The Bertz CT molecular complexity index is 1650. The fraction of sp³-hybridized carbons (Fsp3) is 0.585. The number of aromatic hydroxyl groups is 1. The van der Waals surface area contributed by atoms with Crippen LogP contribution in [0.2, 0.25) is 0 Å². The number of carbonyl (C=O) groups is 5. The van der Waals surface area contributed by atoms with Crippen molar-refractivity contribution < 1.29 is 38.6 Å². The summed E-state index contributed by atoms with van der Waals surface area (Å²) in [4.78, 5) is 68.0. The second-order valence-corrected chi connectivity index (χ2v) is 15.9. The van der Waals surface area contributed by atoms with Crippen molar-refractivity contribution in [3.63, 3.8) is 0 Å². The zero-order valence-electron chi connectivity index (χ0n) is 32.3. The first-order valence-corrected chi connectivity index (χ1v) is 20.4. The van der Waals surface area contributed by atoms with E-state index < -0.39 is 0 Å². The summed E-state index contributed by atoms with van der Waals surface area (Å²) >= 11 is 3.34. The van der Waals surface area contributed by atoms with Crippen molar-refractivity contribution in [3.8, 4) is 5.75 Å². The predicted molar refractivity (Wildman–Crippen MR) is 211 cm³/mol. The van der Waals surface area contributed by atoms with Crippen molar-refractivity contribution in [2.45, 2.75) is 77.2 Å². The van der Waals surface area contributed by atoms with Crippen molar-refractivity contribution >= 4 is 51.5 Å². The van der Waals surface area contributed by atoms with Crippen molar-refractivity contribution in [1.82, 2.24) is 19.6 Å². The molecule has 0 radical (unpaired) electrons. The number of benzene rings is 2. The molecule has 2 aromatic rings. The molecule has 0 unspecified atom stereocenters. The van der Waals surface area contributed by atoms with E-state index in [9.17, 15) is 29.1 Å². The molecule has 0 bridgehead atoms. The Morgan fingerprint density at radius 3 is 2.05 bits per heavy atom. The van der Waals surface area contributed by atoms with Gasteiger partial charge in [-0.25, -0.2) is 9.59 Å². The lowest BCUT2D eigenvalue weighted by Crippen LogP contribution is -2.50. The minimum atomic E-state index is -0.343. The number of para-hydroxylation sites is 1. The Balaban J connectivity index is 0.000000228. The standard InChI is InChI=1S/C25H35BrN2O5.C16H21N3O3/c1-17(15-18-3-4-22(29)21(26)16-18)25(32)28-13-9-20(10-14-28)19-7-11-27(12-8-19)23(30)5-6-24(31)33-2;1-22-16(21)18-9-7-13(8-10-18)19-11-6-12-4-2-3-5-14(12)17-15(19)20/h3-4,16-17,19-20,29H,5-15H2,1-2H3;2-5,13H,6-11H2,1H3,(H,17,20)/t17-;/m1./s1. The number of urea groups is 1. The summed E-state index contributed by atoms with van der Waals surface area (Å²) < 4.78 is 10.0. The number of nitrogens with zero attached hydrogens (tertiary/aromatic N) is 4. The number of phenolic OH excluding ortho intramolecular Hbond substituents is 1. The molecule has 0 spiro atoms. The summed E-state index contributed by atoms with van der Waals surface area (Å²) in [5, 5.41) is 12.7. The summed E-state index contributed by atoms with van der Waals surface area (Å²) in [5.41, 5.74) is 3.11. The highest BCUT2D eigenvalue weighted by Gasteiger charge is 2.34. The van der Waals surface area contributed by atoms with Gasteiger partial charge in [0.1, 0.15) is 5.75 Å². The summed E-state index contributed by atoms with van der Waals surface area (Å²) in [6.07, 6.45) is 7.19. The molecule has 3 saturated heterocycles. The number of rotatable bonds is 8. The fourth-order valence-corrected chi connectivity index (χ4v) is 8.76. The molecule has 2 N–H and O–H groups in total. The van der Waals surface area contributed by atoms with E-state index in [4.69, 9.17) is 4.74 Å². The Labute approximate surface area is 332 Å². The number of piperidine rings is 3. The van der Waals surface area contributed by atoms with Crippen molar-refractivity contribution in [1.29, 1.82) is 0 Å². The lowest BCUT2D eigenvalue weighted by Gasteiger charge is -2.40. The molecular weight excluding hydrogens is 770 g/mol. The van der Waals surface area contributed by atoms with Gasteiger partial charge in [-0.1, -0.05) is 31.2 Å². The number of halogens is 1. The molecule has 0 aliphatic carbocycles. The number of anilines is 1. The number of methoxy groups -OCH3 is 2. The molecule has 4 heterocycles. The van der Waals surface area contributed by atoms with Gasteiger partial charge in [0.25, 0.3) is 0 Å². The van der Waals surface area contributed by atoms with Gasteiger partial charge in [-0.3, -0.25) is 14.4 Å². The summed E-state index contributed by atoms with van der Waals surface area (Å²) in [6, 6.07) is 13.5. The maximum atomic E-state index is 13.0. The van der Waals surface area contributed by atoms with Crippen LogP contribution in [0.1, 0.15) is 69.4 Å². The van der Waals surface area contributed by atoms with Crippen LogP contribution in [0.4, 0.5) is 15.3 Å². The van der Waals surface area contributed by atoms with Crippen LogP contribution >= 0.6 is 15.9 Å². The zero-order valence-corrected chi connectivity index (χ0v) is 33.9. The third kappa shape index (κ3) is 11.4. The number of ether oxygens (including phenoxy) is 2. The number of hydrogen-bond donors (Lipinski definition) is 2. The third-order valence-electron chi connectivity index (χ3n) is 11.6. The highest BCUT2D eigenvalue weighted by molar-refractivity contribution is 9.10. The first-order valence-electron chi connectivity index (χ1n) is 19.6. The first kappa shape index (κ1) is 41.8. The average molecular weight is 827 g/mol. The van der Waals surface area contributed by atoms with E-state index in [1.165, 1.54) is 19.8 Å². The van der Waals surface area contributed by atoms with Crippen molar-refractivity contribution in [2.75, 3.05) is 65.3 Å². The fourth-order valence-electron chi connectivity index (χ4n) is 8.34. The maximum Gasteiger partial charge on any atom is 0.409 e. The molecule has 4 aliphatic rings. The second-order valence-electron chi connectivity index (χ2n) is 15.1. The monoisotopic (exact) mass is 825 g/mol. The van der Waals surface area contributed by atoms with Gasteiger partial charge in [0.15, 0.2) is 0 Å². The van der Waals surface area contributed by atoms with E-state index in [1.807, 2.05) is 52.0 Å². The molecule has 4 aliphatic heterocycles. The van der Waals surface area contributed by atoms with Crippen molar-refractivity contribution in [2.24, 2.45) is 17.8 Å². The number of carbonyl (C=O) groups excluding carboxylic acids is 5. The van der Waals surface area contributed by atoms with Gasteiger partial charge in [0, 0.05) is 69.9 Å². The number of fused-ring (bicyclic) bond motifs is 1. The van der Waals surface area contributed by atoms with Gasteiger partial charge in [-0.2, -0.15) is 0 Å². The number of esters is 1. The van der Waals surface area contributed by atoms with Crippen LogP contribution in [0.25, 0.3) is 0 Å². The number of likely N-dealkylation sites (tertiary alicyclic amines) is 3. The van der Waals surface area contributed by atoms with Crippen LogP contribution < -0.4 is 5.32 Å². The first-order chi connectivity index (χ1) is 26.5. The molecule has 1 atom stereocenters. The van der Waals surface area contributed by atoms with Gasteiger partial charge in [-0.15, -0.1) is 0 Å². The van der Waals surface area contributed by atoms with Gasteiger partial charge < -0.3 is 39.5 Å². The number of phenols is 1. The summed E-state index contributed by atoms with van der Waals surface area (Å²) in [6.45, 7) is 7.05. The highest BCUT2D eigenvalue weighted by atomic mass is 79.9. The number of amides is 5. The minimum Gasteiger partial charge on any atom is -0.507 e. The van der Waals surface area contributed by atoms with Crippen molar-refractivity contribution in [3.05, 3.63) is 58.1 Å².